The van der Waals surface area contributed by atoms with Crippen LogP contribution in [0.2, 0.25) is 0 Å². The van der Waals surface area contributed by atoms with E-state index in [2.05, 4.69) is 0 Å². The lowest BCUT2D eigenvalue weighted by Gasteiger charge is -2.18. The van der Waals surface area contributed by atoms with Crippen molar-refractivity contribution < 1.29 is 13.9 Å². The highest BCUT2D eigenvalue weighted by Gasteiger charge is 2.22. The number of nitrogens with zero attached hydrogens (tertiary/aromatic N) is 1. The van der Waals surface area contributed by atoms with Crippen molar-refractivity contribution in [3.05, 3.63) is 71.8 Å². The van der Waals surface area contributed by atoms with E-state index in [4.69, 9.17) is 9.73 Å². The molecular formula is C23H28FNO2. The van der Waals surface area contributed by atoms with Crippen molar-refractivity contribution in [2.75, 3.05) is 6.67 Å². The molecule has 3 nitrogen and oxygen atoms in total. The lowest BCUT2D eigenvalue weighted by molar-refractivity contribution is -0.150. The predicted octanol–water partition coefficient (Wildman–Crippen LogP) is 5.37. The molecule has 0 amide bonds. The van der Waals surface area contributed by atoms with Crippen LogP contribution in [0.4, 0.5) is 4.39 Å². The van der Waals surface area contributed by atoms with Crippen LogP contribution in [-0.4, -0.2) is 30.5 Å². The van der Waals surface area contributed by atoms with Crippen LogP contribution in [-0.2, 0) is 9.53 Å². The SMILES string of the molecule is CC[C@@H](C)OC(=O)C(CCCCF)N=C(c1ccccc1)c1ccccc1. The minimum Gasteiger partial charge on any atom is -0.461 e. The largest absolute Gasteiger partial charge is 0.461 e. The van der Waals surface area contributed by atoms with Gasteiger partial charge in [-0.3, -0.25) is 9.38 Å². The van der Waals surface area contributed by atoms with Crippen LogP contribution in [0.5, 0.6) is 0 Å². The molecule has 0 aliphatic heterocycles. The number of alkyl halides is 1. The third kappa shape index (κ3) is 6.63. The number of carbonyl (C=O) groups is 1. The highest BCUT2D eigenvalue weighted by atomic mass is 19.1. The molecule has 0 aliphatic rings. The van der Waals surface area contributed by atoms with Crippen molar-refractivity contribution in [1.29, 1.82) is 0 Å². The molecule has 0 saturated heterocycles. The molecule has 2 aromatic rings. The highest BCUT2D eigenvalue weighted by molar-refractivity contribution is 6.13. The van der Waals surface area contributed by atoms with E-state index in [-0.39, 0.29) is 18.7 Å². The Morgan fingerprint density at radius 1 is 1.00 bits per heavy atom. The van der Waals surface area contributed by atoms with E-state index in [9.17, 15) is 9.18 Å². The molecule has 0 fully saturated rings. The fourth-order valence-corrected chi connectivity index (χ4v) is 2.69. The first-order valence-electron chi connectivity index (χ1n) is 9.60. The summed E-state index contributed by atoms with van der Waals surface area (Å²) in [6.07, 6.45) is 2.08. The molecule has 0 bridgehead atoms. The summed E-state index contributed by atoms with van der Waals surface area (Å²) in [6, 6.07) is 19.0. The molecule has 1 unspecified atom stereocenters. The average molecular weight is 369 g/mol. The number of esters is 1. The summed E-state index contributed by atoms with van der Waals surface area (Å²) in [6.45, 7) is 3.45. The zero-order valence-electron chi connectivity index (χ0n) is 16.1. The average Bonchev–Trinajstić information content (AvgIpc) is 2.71. The number of hydrogen-bond donors (Lipinski definition) is 0. The van der Waals surface area contributed by atoms with Gasteiger partial charge in [0.1, 0.15) is 6.04 Å². The van der Waals surface area contributed by atoms with Gasteiger partial charge in [-0.2, -0.15) is 0 Å². The van der Waals surface area contributed by atoms with Crippen LogP contribution in [0.25, 0.3) is 0 Å². The summed E-state index contributed by atoms with van der Waals surface area (Å²) in [5, 5.41) is 0. The number of halogens is 1. The maximum absolute atomic E-state index is 12.7. The zero-order chi connectivity index (χ0) is 19.5. The molecule has 2 atom stereocenters. The van der Waals surface area contributed by atoms with Crippen molar-refractivity contribution in [2.45, 2.75) is 51.7 Å². The topological polar surface area (TPSA) is 38.7 Å². The van der Waals surface area contributed by atoms with Gasteiger partial charge < -0.3 is 4.74 Å². The molecule has 0 spiro atoms. The van der Waals surface area contributed by atoms with E-state index in [0.29, 0.717) is 19.3 Å². The highest BCUT2D eigenvalue weighted by Crippen LogP contribution is 2.16. The van der Waals surface area contributed by atoms with Gasteiger partial charge in [-0.1, -0.05) is 67.6 Å². The molecule has 27 heavy (non-hydrogen) atoms. The molecule has 0 heterocycles. The van der Waals surface area contributed by atoms with Gasteiger partial charge in [0.2, 0.25) is 0 Å². The molecule has 0 aromatic heterocycles. The Bertz CT molecular complexity index is 674. The minimum atomic E-state index is -0.638. The van der Waals surface area contributed by atoms with Gasteiger partial charge in [0.15, 0.2) is 0 Å². The second-order valence-electron chi connectivity index (χ2n) is 6.57. The van der Waals surface area contributed by atoms with Gasteiger partial charge in [-0.25, -0.2) is 4.79 Å². The summed E-state index contributed by atoms with van der Waals surface area (Å²) in [4.78, 5) is 17.5. The molecular weight excluding hydrogens is 341 g/mol. The minimum absolute atomic E-state index is 0.159. The summed E-state index contributed by atoms with van der Waals surface area (Å²) < 4.78 is 18.1. The molecule has 0 N–H and O–H groups in total. The molecule has 4 heteroatoms. The van der Waals surface area contributed by atoms with Gasteiger partial charge in [0.25, 0.3) is 0 Å². The van der Waals surface area contributed by atoms with E-state index >= 15 is 0 Å². The number of carbonyl (C=O) groups excluding carboxylic acids is 1. The second-order valence-corrected chi connectivity index (χ2v) is 6.57. The second kappa shape index (κ2) is 11.3. The lowest BCUT2D eigenvalue weighted by Crippen LogP contribution is -2.27. The van der Waals surface area contributed by atoms with Gasteiger partial charge in [0.05, 0.1) is 18.5 Å². The normalized spacial score (nSPS) is 12.9. The third-order valence-electron chi connectivity index (χ3n) is 4.40. The lowest BCUT2D eigenvalue weighted by atomic mass is 10.0. The number of aliphatic imine (C=N–C) groups is 1. The fraction of sp³-hybridized carbons (Fsp3) is 0.391. The van der Waals surface area contributed by atoms with Crippen LogP contribution in [0.15, 0.2) is 65.7 Å². The van der Waals surface area contributed by atoms with E-state index in [1.165, 1.54) is 0 Å². The zero-order valence-corrected chi connectivity index (χ0v) is 16.1. The van der Waals surface area contributed by atoms with Crippen LogP contribution in [0.1, 0.15) is 50.7 Å². The third-order valence-corrected chi connectivity index (χ3v) is 4.40. The number of benzene rings is 2. The van der Waals surface area contributed by atoms with Crippen LogP contribution >= 0.6 is 0 Å². The molecule has 144 valence electrons. The van der Waals surface area contributed by atoms with Crippen molar-refractivity contribution in [3.63, 3.8) is 0 Å². The first kappa shape index (κ1) is 20.8. The Morgan fingerprint density at radius 2 is 1.56 bits per heavy atom. The van der Waals surface area contributed by atoms with E-state index < -0.39 is 6.04 Å². The summed E-state index contributed by atoms with van der Waals surface area (Å²) >= 11 is 0. The number of rotatable bonds is 10. The van der Waals surface area contributed by atoms with E-state index in [1.807, 2.05) is 74.5 Å². The Labute approximate surface area is 161 Å². The van der Waals surface area contributed by atoms with E-state index in [0.717, 1.165) is 23.3 Å². The van der Waals surface area contributed by atoms with Gasteiger partial charge in [-0.05, 0) is 32.6 Å². The number of unbranched alkanes of at least 4 members (excludes halogenated alkanes) is 1. The number of hydrogen-bond acceptors (Lipinski definition) is 3. The van der Waals surface area contributed by atoms with Crippen molar-refractivity contribution in [2.24, 2.45) is 4.99 Å². The monoisotopic (exact) mass is 369 g/mol. The first-order valence-corrected chi connectivity index (χ1v) is 9.60. The van der Waals surface area contributed by atoms with Crippen molar-refractivity contribution in [3.8, 4) is 0 Å². The van der Waals surface area contributed by atoms with Crippen LogP contribution in [0.3, 0.4) is 0 Å². The van der Waals surface area contributed by atoms with Crippen molar-refractivity contribution in [1.82, 2.24) is 0 Å². The Kier molecular flexibility index (Phi) is 8.69. The van der Waals surface area contributed by atoms with Gasteiger partial charge in [-0.15, -0.1) is 0 Å². The summed E-state index contributed by atoms with van der Waals surface area (Å²) in [7, 11) is 0. The van der Waals surface area contributed by atoms with Crippen molar-refractivity contribution >= 4 is 11.7 Å². The maximum Gasteiger partial charge on any atom is 0.331 e. The van der Waals surface area contributed by atoms with E-state index in [1.54, 1.807) is 0 Å². The van der Waals surface area contributed by atoms with Gasteiger partial charge in [0, 0.05) is 11.1 Å². The summed E-state index contributed by atoms with van der Waals surface area (Å²) in [5.74, 6) is -0.340. The Balaban J connectivity index is 2.38. The predicted molar refractivity (Wildman–Crippen MR) is 108 cm³/mol. The fourth-order valence-electron chi connectivity index (χ4n) is 2.69. The summed E-state index contributed by atoms with van der Waals surface area (Å²) in [5.41, 5.74) is 2.63. The molecule has 0 saturated carbocycles. The standard InChI is InChI=1S/C23H28FNO2/c1-3-18(2)27-23(26)21(16-10-11-17-24)25-22(19-12-6-4-7-13-19)20-14-8-5-9-15-20/h4-9,12-15,18,21H,3,10-11,16-17H2,1-2H3/t18-,21?/m1/s1. The number of ether oxygens (including phenoxy) is 1. The first-order chi connectivity index (χ1) is 13.2. The maximum atomic E-state index is 12.7. The quantitative estimate of drug-likeness (QED) is 0.321. The van der Waals surface area contributed by atoms with Crippen LogP contribution < -0.4 is 0 Å². The molecule has 2 aromatic carbocycles. The van der Waals surface area contributed by atoms with Crippen LogP contribution in [0, 0.1) is 0 Å². The smallest absolute Gasteiger partial charge is 0.331 e. The molecule has 2 rings (SSSR count). The van der Waals surface area contributed by atoms with Gasteiger partial charge >= 0.3 is 5.97 Å². The molecule has 0 aliphatic carbocycles. The molecule has 0 radical (unpaired) electrons. The Hall–Kier alpha value is -2.49. The Morgan fingerprint density at radius 3 is 2.04 bits per heavy atom.